The predicted octanol–water partition coefficient (Wildman–Crippen LogP) is 2.14. The molecular weight excluding hydrogens is 270 g/mol. The molecule has 2 rings (SSSR count). The van der Waals surface area contributed by atoms with Gasteiger partial charge in [0, 0.05) is 6.04 Å². The highest BCUT2D eigenvalue weighted by molar-refractivity contribution is 9.10. The summed E-state index contributed by atoms with van der Waals surface area (Å²) in [6.07, 6.45) is 5.65. The first-order chi connectivity index (χ1) is 7.72. The van der Waals surface area contributed by atoms with Crippen LogP contribution in [0.25, 0.3) is 0 Å². The van der Waals surface area contributed by atoms with E-state index in [0.717, 1.165) is 16.9 Å². The summed E-state index contributed by atoms with van der Waals surface area (Å²) < 4.78 is 8.11. The maximum Gasteiger partial charge on any atom is 0.171 e. The molecule has 0 saturated carbocycles. The first-order valence-corrected chi connectivity index (χ1v) is 6.47. The summed E-state index contributed by atoms with van der Waals surface area (Å²) in [4.78, 5) is 2.42. The van der Waals surface area contributed by atoms with Gasteiger partial charge < -0.3 is 9.64 Å². The lowest BCUT2D eigenvalue weighted by Gasteiger charge is -2.32. The normalized spacial score (nSPS) is 22.3. The third-order valence-corrected chi connectivity index (χ3v) is 4.07. The van der Waals surface area contributed by atoms with Crippen molar-refractivity contribution < 1.29 is 4.74 Å². The Kier molecular flexibility index (Phi) is 3.86. The molecule has 2 heterocycles. The number of hydrogen-bond acceptors (Lipinski definition) is 3. The Morgan fingerprint density at radius 1 is 1.56 bits per heavy atom. The molecule has 1 saturated heterocycles. The van der Waals surface area contributed by atoms with Crippen LogP contribution in [0.3, 0.4) is 0 Å². The Morgan fingerprint density at radius 3 is 3.00 bits per heavy atom. The van der Waals surface area contributed by atoms with Gasteiger partial charge >= 0.3 is 0 Å². The minimum Gasteiger partial charge on any atom is -0.492 e. The van der Waals surface area contributed by atoms with E-state index in [-0.39, 0.29) is 0 Å². The zero-order valence-corrected chi connectivity index (χ0v) is 11.4. The number of rotatable bonds is 3. The van der Waals surface area contributed by atoms with Crippen LogP contribution in [0.15, 0.2) is 10.8 Å². The maximum atomic E-state index is 5.20. The number of likely N-dealkylation sites (tertiary alicyclic amines) is 1. The number of piperidine rings is 1. The first-order valence-electron chi connectivity index (χ1n) is 5.68. The molecule has 1 unspecified atom stereocenters. The first kappa shape index (κ1) is 11.9. The van der Waals surface area contributed by atoms with E-state index in [1.807, 2.05) is 4.68 Å². The second kappa shape index (κ2) is 5.19. The van der Waals surface area contributed by atoms with E-state index in [4.69, 9.17) is 4.74 Å². The Hall–Kier alpha value is -0.550. The molecule has 16 heavy (non-hydrogen) atoms. The predicted molar refractivity (Wildman–Crippen MR) is 66.7 cm³/mol. The fourth-order valence-corrected chi connectivity index (χ4v) is 2.69. The fraction of sp³-hybridized carbons (Fsp3) is 0.727. The van der Waals surface area contributed by atoms with Gasteiger partial charge in [-0.3, -0.25) is 4.68 Å². The molecule has 0 amide bonds. The average Bonchev–Trinajstić information content (AvgIpc) is 2.63. The molecule has 1 aliphatic heterocycles. The van der Waals surface area contributed by atoms with E-state index in [2.05, 4.69) is 33.0 Å². The summed E-state index contributed by atoms with van der Waals surface area (Å²) in [5, 5.41) is 4.33. The van der Waals surface area contributed by atoms with Gasteiger partial charge in [-0.2, -0.15) is 5.10 Å². The van der Waals surface area contributed by atoms with Gasteiger partial charge in [0.15, 0.2) is 5.75 Å². The molecule has 0 bridgehead atoms. The van der Waals surface area contributed by atoms with Crippen molar-refractivity contribution in [3.8, 4) is 5.75 Å². The van der Waals surface area contributed by atoms with E-state index in [1.54, 1.807) is 13.3 Å². The number of hydrogen-bond donors (Lipinski definition) is 0. The third kappa shape index (κ3) is 2.40. The van der Waals surface area contributed by atoms with E-state index in [1.165, 1.54) is 25.8 Å². The summed E-state index contributed by atoms with van der Waals surface area (Å²) in [5.41, 5.74) is 0. The number of aromatic nitrogens is 2. The standard InChI is InChI=1S/C11H18BrN3O/c1-14-6-4-3-5-9(14)8-15-11(12)10(16-2)7-13-15/h7,9H,3-6,8H2,1-2H3. The molecule has 0 aliphatic carbocycles. The van der Waals surface area contributed by atoms with Crippen molar-refractivity contribution in [2.45, 2.75) is 31.8 Å². The Balaban J connectivity index is 2.04. The van der Waals surface area contributed by atoms with E-state index >= 15 is 0 Å². The lowest BCUT2D eigenvalue weighted by molar-refractivity contribution is 0.162. The lowest BCUT2D eigenvalue weighted by atomic mass is 10.0. The minimum absolute atomic E-state index is 0.592. The second-order valence-corrected chi connectivity index (χ2v) is 5.07. The van der Waals surface area contributed by atoms with Gasteiger partial charge in [-0.15, -0.1) is 0 Å². The van der Waals surface area contributed by atoms with Crippen LogP contribution >= 0.6 is 15.9 Å². The van der Waals surface area contributed by atoms with E-state index in [9.17, 15) is 0 Å². The highest BCUT2D eigenvalue weighted by Crippen LogP contribution is 2.25. The van der Waals surface area contributed by atoms with Crippen LogP contribution in [-0.4, -0.2) is 41.4 Å². The molecule has 1 fully saturated rings. The van der Waals surface area contributed by atoms with Crippen molar-refractivity contribution in [1.29, 1.82) is 0 Å². The molecule has 0 radical (unpaired) electrons. The monoisotopic (exact) mass is 287 g/mol. The van der Waals surface area contributed by atoms with Crippen LogP contribution in [0.2, 0.25) is 0 Å². The number of nitrogens with zero attached hydrogens (tertiary/aromatic N) is 3. The van der Waals surface area contributed by atoms with Crippen LogP contribution in [-0.2, 0) is 6.54 Å². The molecule has 0 aromatic carbocycles. The van der Waals surface area contributed by atoms with Crippen molar-refractivity contribution in [3.05, 3.63) is 10.8 Å². The van der Waals surface area contributed by atoms with Crippen molar-refractivity contribution in [2.75, 3.05) is 20.7 Å². The maximum absolute atomic E-state index is 5.20. The summed E-state index contributed by atoms with van der Waals surface area (Å²) in [6.45, 7) is 2.13. The smallest absolute Gasteiger partial charge is 0.171 e. The quantitative estimate of drug-likeness (QED) is 0.853. The minimum atomic E-state index is 0.592. The van der Waals surface area contributed by atoms with Gasteiger partial charge in [-0.05, 0) is 42.4 Å². The fourth-order valence-electron chi connectivity index (χ4n) is 2.19. The largest absolute Gasteiger partial charge is 0.492 e. The molecule has 5 heteroatoms. The molecular formula is C11H18BrN3O. The number of ether oxygens (including phenoxy) is 1. The average molecular weight is 288 g/mol. The van der Waals surface area contributed by atoms with Crippen molar-refractivity contribution in [1.82, 2.24) is 14.7 Å². The van der Waals surface area contributed by atoms with Gasteiger partial charge in [0.25, 0.3) is 0 Å². The van der Waals surface area contributed by atoms with E-state index in [0.29, 0.717) is 6.04 Å². The van der Waals surface area contributed by atoms with Crippen molar-refractivity contribution in [2.24, 2.45) is 0 Å². The van der Waals surface area contributed by atoms with Crippen LogP contribution < -0.4 is 4.74 Å². The molecule has 1 aromatic rings. The van der Waals surface area contributed by atoms with Crippen LogP contribution in [0.1, 0.15) is 19.3 Å². The molecule has 90 valence electrons. The Morgan fingerprint density at radius 2 is 2.38 bits per heavy atom. The topological polar surface area (TPSA) is 30.3 Å². The van der Waals surface area contributed by atoms with Gasteiger partial charge in [0.2, 0.25) is 0 Å². The molecule has 0 N–H and O–H groups in total. The van der Waals surface area contributed by atoms with Gasteiger partial charge in [-0.1, -0.05) is 6.42 Å². The zero-order chi connectivity index (χ0) is 11.5. The van der Waals surface area contributed by atoms with Gasteiger partial charge in [-0.25, -0.2) is 0 Å². The summed E-state index contributed by atoms with van der Waals surface area (Å²) in [7, 11) is 3.86. The van der Waals surface area contributed by atoms with Gasteiger partial charge in [0.1, 0.15) is 4.60 Å². The molecule has 0 spiro atoms. The summed E-state index contributed by atoms with van der Waals surface area (Å²) in [6, 6.07) is 0.592. The van der Waals surface area contributed by atoms with Crippen LogP contribution in [0.5, 0.6) is 5.75 Å². The molecule has 1 aliphatic rings. The van der Waals surface area contributed by atoms with Gasteiger partial charge in [0.05, 0.1) is 19.9 Å². The van der Waals surface area contributed by atoms with Crippen molar-refractivity contribution >= 4 is 15.9 Å². The second-order valence-electron chi connectivity index (χ2n) is 4.32. The van der Waals surface area contributed by atoms with E-state index < -0.39 is 0 Å². The molecule has 4 nitrogen and oxygen atoms in total. The van der Waals surface area contributed by atoms with Crippen LogP contribution in [0, 0.1) is 0 Å². The highest BCUT2D eigenvalue weighted by Gasteiger charge is 2.21. The number of likely N-dealkylation sites (N-methyl/N-ethyl adjacent to an activating group) is 1. The van der Waals surface area contributed by atoms with Crippen molar-refractivity contribution in [3.63, 3.8) is 0 Å². The molecule has 1 aromatic heterocycles. The molecule has 1 atom stereocenters. The lowest BCUT2D eigenvalue weighted by Crippen LogP contribution is -2.39. The van der Waals surface area contributed by atoms with Crippen LogP contribution in [0.4, 0.5) is 0 Å². The zero-order valence-electron chi connectivity index (χ0n) is 9.82. The summed E-state index contributed by atoms with van der Waals surface area (Å²) in [5.74, 6) is 0.804. The Bertz CT molecular complexity index is 353. The third-order valence-electron chi connectivity index (χ3n) is 3.27. The SMILES string of the molecule is COc1cnn(CC2CCCCN2C)c1Br. The Labute approximate surface area is 105 Å². The highest BCUT2D eigenvalue weighted by atomic mass is 79.9. The number of halogens is 1. The number of methoxy groups -OCH3 is 1. The summed E-state index contributed by atoms with van der Waals surface area (Å²) >= 11 is 3.52.